The lowest BCUT2D eigenvalue weighted by molar-refractivity contribution is -0.132. The first-order valence-corrected chi connectivity index (χ1v) is 30.7. The van der Waals surface area contributed by atoms with Gasteiger partial charge in [0, 0.05) is 55.5 Å². The summed E-state index contributed by atoms with van der Waals surface area (Å²) in [5, 5.41) is 34.6. The van der Waals surface area contributed by atoms with Gasteiger partial charge in [-0.15, -0.1) is 45.3 Å². The molecule has 1 N–H and O–H groups in total. The second-order valence-corrected chi connectivity index (χ2v) is 25.0. The maximum absolute atomic E-state index is 11.8. The van der Waals surface area contributed by atoms with Crippen molar-refractivity contribution in [2.75, 3.05) is 4.90 Å². The van der Waals surface area contributed by atoms with Crippen molar-refractivity contribution in [1.29, 1.82) is 5.26 Å². The Morgan fingerprint density at radius 1 is 0.487 bits per heavy atom. The van der Waals surface area contributed by atoms with Crippen LogP contribution in [-0.2, 0) is 17.6 Å². The predicted octanol–water partition coefficient (Wildman–Crippen LogP) is 22.1. The highest BCUT2D eigenvalue weighted by atomic mass is 32.1. The first kappa shape index (κ1) is 49.9. The monoisotopic (exact) mass is 1080 g/mol. The van der Waals surface area contributed by atoms with Crippen molar-refractivity contribution >= 4 is 139 Å². The number of aliphatic carboxylic acids is 1. The van der Waals surface area contributed by atoms with E-state index in [1.807, 2.05) is 28.7 Å². The summed E-state index contributed by atoms with van der Waals surface area (Å²) in [5.41, 5.74) is 6.99. The molecule has 0 saturated carbocycles. The first-order chi connectivity index (χ1) is 38.3. The molecule has 4 nitrogen and oxygen atoms in total. The van der Waals surface area contributed by atoms with E-state index >= 15 is 0 Å². The minimum atomic E-state index is -1.19. The number of benzene rings is 9. The standard InChI is InChI=1S/C70H56N2O2S4/c1-3-5-7-9-13-50-39-63(77-62(50)41-52(42-71)70(73)74)60-37-35-58(75-60)59-36-38-61(76-59)64-40-51(14-10-8-6-4-2)69(78-64)49-23-29-53(30-24-49)72(56-33-27-47-21-19-43-15-11-17-45-25-31-54(56)67(47)65(43)45)57-34-28-48-22-20-44-16-12-18-46-26-32-55(57)68(48)66(44)46/h11-12,15-41H,3-10,13-14H2,1-2H3,(H,73,74)/b52-41+. The van der Waals surface area contributed by atoms with Crippen molar-refractivity contribution in [3.8, 4) is 45.8 Å². The third-order valence-corrected chi connectivity index (χ3v) is 20.8. The molecular formula is C70H56N2O2S4. The number of thiophene rings is 4. The van der Waals surface area contributed by atoms with Crippen molar-refractivity contribution in [3.05, 3.63) is 191 Å². The predicted molar refractivity (Wildman–Crippen MR) is 339 cm³/mol. The third kappa shape index (κ3) is 9.13. The highest BCUT2D eigenvalue weighted by Gasteiger charge is 2.24. The molecule has 382 valence electrons. The summed E-state index contributed by atoms with van der Waals surface area (Å²) in [5.74, 6) is -1.19. The zero-order valence-electron chi connectivity index (χ0n) is 43.7. The summed E-state index contributed by atoms with van der Waals surface area (Å²) in [7, 11) is 0. The number of nitrogens with zero attached hydrogens (tertiary/aromatic N) is 2. The van der Waals surface area contributed by atoms with Gasteiger partial charge in [0.25, 0.3) is 0 Å². The molecule has 0 aliphatic heterocycles. The quantitative estimate of drug-likeness (QED) is 0.0379. The zero-order valence-corrected chi connectivity index (χ0v) is 47.0. The average molecular weight is 1090 g/mol. The Balaban J connectivity index is 0.870. The molecule has 0 aliphatic carbocycles. The zero-order chi connectivity index (χ0) is 52.9. The Morgan fingerprint density at radius 3 is 1.44 bits per heavy atom. The summed E-state index contributed by atoms with van der Waals surface area (Å²) < 4.78 is 0. The summed E-state index contributed by atoms with van der Waals surface area (Å²) in [6, 6.07) is 65.9. The Hall–Kier alpha value is -7.64. The van der Waals surface area contributed by atoms with E-state index in [-0.39, 0.29) is 5.57 Å². The molecule has 0 amide bonds. The fourth-order valence-electron chi connectivity index (χ4n) is 11.8. The molecular weight excluding hydrogens is 1030 g/mol. The normalized spacial score (nSPS) is 12.1. The average Bonchev–Trinajstić information content (AvgIpc) is 4.38. The van der Waals surface area contributed by atoms with Gasteiger partial charge >= 0.3 is 5.97 Å². The molecule has 0 spiro atoms. The van der Waals surface area contributed by atoms with Crippen LogP contribution in [0.5, 0.6) is 0 Å². The van der Waals surface area contributed by atoms with Crippen LogP contribution in [0.3, 0.4) is 0 Å². The number of nitriles is 1. The number of rotatable bonds is 19. The molecule has 0 aliphatic rings. The Morgan fingerprint density at radius 2 is 0.936 bits per heavy atom. The number of hydrogen-bond donors (Lipinski definition) is 1. The molecule has 13 rings (SSSR count). The minimum absolute atomic E-state index is 0.229. The molecule has 0 saturated heterocycles. The molecule has 8 heteroatoms. The maximum atomic E-state index is 11.8. The number of carboxylic acids is 1. The second-order valence-electron chi connectivity index (χ2n) is 20.7. The van der Waals surface area contributed by atoms with Crippen LogP contribution in [0, 0.1) is 11.3 Å². The molecule has 0 radical (unpaired) electrons. The molecule has 9 aromatic carbocycles. The van der Waals surface area contributed by atoms with Crippen LogP contribution in [0.4, 0.5) is 17.1 Å². The van der Waals surface area contributed by atoms with E-state index in [2.05, 4.69) is 189 Å². The summed E-state index contributed by atoms with van der Waals surface area (Å²) in [6.07, 6.45) is 12.8. The number of unbranched alkanes of at least 4 members (excludes halogenated alkanes) is 6. The van der Waals surface area contributed by atoms with Crippen molar-refractivity contribution in [2.24, 2.45) is 0 Å². The van der Waals surface area contributed by atoms with Crippen LogP contribution >= 0.6 is 45.3 Å². The van der Waals surface area contributed by atoms with Crippen LogP contribution in [0.1, 0.15) is 81.2 Å². The number of carbonyl (C=O) groups is 1. The van der Waals surface area contributed by atoms with Crippen LogP contribution < -0.4 is 4.90 Å². The topological polar surface area (TPSA) is 64.3 Å². The lowest BCUT2D eigenvalue weighted by Crippen LogP contribution is -2.11. The molecule has 4 heterocycles. The largest absolute Gasteiger partial charge is 0.477 e. The van der Waals surface area contributed by atoms with E-state index in [0.29, 0.717) is 0 Å². The van der Waals surface area contributed by atoms with E-state index in [0.717, 1.165) is 75.8 Å². The van der Waals surface area contributed by atoms with Gasteiger partial charge in [-0.05, 0) is 163 Å². The van der Waals surface area contributed by atoms with Crippen molar-refractivity contribution < 1.29 is 9.90 Å². The van der Waals surface area contributed by atoms with E-state index in [1.54, 1.807) is 28.7 Å². The number of anilines is 3. The van der Waals surface area contributed by atoms with Crippen LogP contribution in [0.25, 0.3) is 110 Å². The lowest BCUT2D eigenvalue weighted by atomic mass is 9.91. The van der Waals surface area contributed by atoms with Gasteiger partial charge in [-0.2, -0.15) is 5.26 Å². The second kappa shape index (κ2) is 21.3. The van der Waals surface area contributed by atoms with Crippen molar-refractivity contribution in [2.45, 2.75) is 78.1 Å². The molecule has 0 bridgehead atoms. The van der Waals surface area contributed by atoms with Gasteiger partial charge in [-0.3, -0.25) is 0 Å². The lowest BCUT2D eigenvalue weighted by Gasteiger charge is -2.29. The minimum Gasteiger partial charge on any atom is -0.477 e. The number of carboxylic acid groups (broad SMARTS) is 1. The highest BCUT2D eigenvalue weighted by molar-refractivity contribution is 7.29. The third-order valence-electron chi connectivity index (χ3n) is 15.7. The molecule has 4 aromatic heterocycles. The van der Waals surface area contributed by atoms with Gasteiger partial charge in [-0.1, -0.05) is 162 Å². The fourth-order valence-corrected chi connectivity index (χ4v) is 16.5. The molecule has 13 aromatic rings. The van der Waals surface area contributed by atoms with E-state index < -0.39 is 5.97 Å². The number of aryl methyl sites for hydroxylation is 2. The van der Waals surface area contributed by atoms with Crippen molar-refractivity contribution in [3.63, 3.8) is 0 Å². The van der Waals surface area contributed by atoms with Crippen molar-refractivity contribution in [1.82, 2.24) is 0 Å². The highest BCUT2D eigenvalue weighted by Crippen LogP contribution is 2.50. The summed E-state index contributed by atoms with van der Waals surface area (Å²) in [6.45, 7) is 4.49. The van der Waals surface area contributed by atoms with Gasteiger partial charge < -0.3 is 10.0 Å². The van der Waals surface area contributed by atoms with Gasteiger partial charge in [0.1, 0.15) is 11.6 Å². The van der Waals surface area contributed by atoms with Gasteiger partial charge in [0.15, 0.2) is 0 Å². The Bertz CT molecular complexity index is 4250. The van der Waals surface area contributed by atoms with Crippen LogP contribution in [0.2, 0.25) is 0 Å². The summed E-state index contributed by atoms with van der Waals surface area (Å²) >= 11 is 7.12. The number of hydrogen-bond acceptors (Lipinski definition) is 7. The smallest absolute Gasteiger partial charge is 0.346 e. The van der Waals surface area contributed by atoms with E-state index in [1.165, 1.54) is 126 Å². The maximum Gasteiger partial charge on any atom is 0.346 e. The Labute approximate surface area is 471 Å². The molecule has 78 heavy (non-hydrogen) atoms. The van der Waals surface area contributed by atoms with Crippen LogP contribution in [0.15, 0.2) is 175 Å². The van der Waals surface area contributed by atoms with E-state index in [4.69, 9.17) is 0 Å². The first-order valence-electron chi connectivity index (χ1n) is 27.4. The SMILES string of the molecule is CCCCCCc1cc(-c2ccc(-c3ccc(-c4cc(CCCCCC)c(-c5ccc(N(c6ccc7ccc8cccc9ccc6c7c89)c6ccc7ccc8cccc9ccc6c7c89)cc5)s4)s3)s2)sc1/C=C(\C#N)C(=O)O. The Kier molecular flexibility index (Phi) is 13.6. The summed E-state index contributed by atoms with van der Waals surface area (Å²) in [4.78, 5) is 23.8. The molecule has 0 unspecified atom stereocenters. The van der Waals surface area contributed by atoms with Gasteiger partial charge in [0.2, 0.25) is 0 Å². The van der Waals surface area contributed by atoms with Gasteiger partial charge in [-0.25, -0.2) is 4.79 Å². The molecule has 0 atom stereocenters. The van der Waals surface area contributed by atoms with Crippen LogP contribution in [-0.4, -0.2) is 11.1 Å². The fraction of sp³-hybridized carbons (Fsp3) is 0.171. The molecule has 0 fully saturated rings. The van der Waals surface area contributed by atoms with E-state index in [9.17, 15) is 15.2 Å². The van der Waals surface area contributed by atoms with Gasteiger partial charge in [0.05, 0.1) is 11.4 Å².